The lowest BCUT2D eigenvalue weighted by Crippen LogP contribution is -2.43. The molecule has 0 bridgehead atoms. The molecule has 1 aliphatic rings. The summed E-state index contributed by atoms with van der Waals surface area (Å²) in [5.74, 6) is -0.203. The van der Waals surface area contributed by atoms with E-state index in [1.807, 2.05) is 24.3 Å². The number of carbonyl (C=O) groups excluding carboxylic acids is 1. The van der Waals surface area contributed by atoms with Crippen molar-refractivity contribution in [1.29, 1.82) is 0 Å². The predicted molar refractivity (Wildman–Crippen MR) is 89.8 cm³/mol. The third-order valence-corrected chi connectivity index (χ3v) is 4.75. The van der Waals surface area contributed by atoms with Crippen molar-refractivity contribution in [2.75, 3.05) is 19.6 Å². The monoisotopic (exact) mass is 301 g/mol. The Labute approximate surface area is 133 Å². The molecule has 3 nitrogen and oxygen atoms in total. The predicted octanol–water partition coefficient (Wildman–Crippen LogP) is 2.84. The molecule has 1 aliphatic carbocycles. The molecule has 1 aromatic carbocycles. The van der Waals surface area contributed by atoms with Crippen molar-refractivity contribution in [2.24, 2.45) is 5.92 Å². The van der Waals surface area contributed by atoms with Crippen LogP contribution in [0.15, 0.2) is 42.0 Å². The quantitative estimate of drug-likeness (QED) is 0.842. The van der Waals surface area contributed by atoms with Crippen molar-refractivity contribution in [3.05, 3.63) is 47.5 Å². The van der Waals surface area contributed by atoms with E-state index in [0.29, 0.717) is 6.42 Å². The highest BCUT2D eigenvalue weighted by molar-refractivity contribution is 6.04. The number of ketones is 1. The Bertz CT molecular complexity index is 530. The van der Waals surface area contributed by atoms with Crippen LogP contribution in [0.3, 0.4) is 0 Å². The summed E-state index contributed by atoms with van der Waals surface area (Å²) < 4.78 is 0. The molecule has 1 N–H and O–H groups in total. The van der Waals surface area contributed by atoms with Gasteiger partial charge in [-0.05, 0) is 44.0 Å². The van der Waals surface area contributed by atoms with Crippen molar-refractivity contribution < 1.29 is 9.90 Å². The number of nitrogens with zero attached hydrogens (tertiary/aromatic N) is 1. The summed E-state index contributed by atoms with van der Waals surface area (Å²) in [4.78, 5) is 14.7. The van der Waals surface area contributed by atoms with Gasteiger partial charge in [0.1, 0.15) is 5.60 Å². The van der Waals surface area contributed by atoms with Crippen LogP contribution in [0, 0.1) is 5.92 Å². The van der Waals surface area contributed by atoms with Crippen LogP contribution < -0.4 is 0 Å². The molecule has 2 rings (SSSR count). The summed E-state index contributed by atoms with van der Waals surface area (Å²) >= 11 is 0. The summed E-state index contributed by atoms with van der Waals surface area (Å²) in [5.41, 5.74) is 0.753. The largest absolute Gasteiger partial charge is 0.381 e. The number of hydrogen-bond donors (Lipinski definition) is 1. The fourth-order valence-corrected chi connectivity index (χ4v) is 3.09. The number of aliphatic hydroxyl groups is 1. The Balaban J connectivity index is 2.05. The summed E-state index contributed by atoms with van der Waals surface area (Å²) in [6.45, 7) is 8.48. The van der Waals surface area contributed by atoms with Gasteiger partial charge in [-0.2, -0.15) is 0 Å². The lowest BCUT2D eigenvalue weighted by molar-refractivity contribution is -0.133. The second-order valence-corrected chi connectivity index (χ2v) is 6.25. The average Bonchev–Trinajstić information content (AvgIpc) is 2.74. The van der Waals surface area contributed by atoms with Crippen molar-refractivity contribution in [1.82, 2.24) is 4.90 Å². The van der Waals surface area contributed by atoms with Crippen LogP contribution in [0.4, 0.5) is 0 Å². The molecule has 0 aromatic heterocycles. The number of carbonyl (C=O) groups is 1. The Morgan fingerprint density at radius 1 is 1.14 bits per heavy atom. The topological polar surface area (TPSA) is 40.5 Å². The first-order chi connectivity index (χ1) is 10.5. The summed E-state index contributed by atoms with van der Waals surface area (Å²) in [6.07, 6.45) is 3.55. The third-order valence-electron chi connectivity index (χ3n) is 4.75. The van der Waals surface area contributed by atoms with E-state index >= 15 is 0 Å². The first-order valence-electron chi connectivity index (χ1n) is 8.23. The zero-order valence-corrected chi connectivity index (χ0v) is 13.9. The highest BCUT2D eigenvalue weighted by Gasteiger charge is 2.45. The van der Waals surface area contributed by atoms with Crippen molar-refractivity contribution in [3.8, 4) is 0 Å². The van der Waals surface area contributed by atoms with E-state index in [1.54, 1.807) is 6.92 Å². The SMILES string of the molecule is CCN(CC)C[C@@H]1C=C(CCc2ccccc2)C(=O)[C@@]1(C)O. The first-order valence-corrected chi connectivity index (χ1v) is 8.23. The summed E-state index contributed by atoms with van der Waals surface area (Å²) in [5, 5.41) is 10.6. The van der Waals surface area contributed by atoms with Gasteiger partial charge in [-0.25, -0.2) is 0 Å². The second kappa shape index (κ2) is 7.21. The molecule has 2 atom stereocenters. The molecule has 3 heteroatoms. The number of aryl methyl sites for hydroxylation is 1. The van der Waals surface area contributed by atoms with E-state index in [2.05, 4.69) is 30.9 Å². The van der Waals surface area contributed by atoms with Crippen LogP contribution in [0.25, 0.3) is 0 Å². The molecule has 22 heavy (non-hydrogen) atoms. The highest BCUT2D eigenvalue weighted by Crippen LogP contribution is 2.34. The molecule has 0 saturated carbocycles. The van der Waals surface area contributed by atoms with Gasteiger partial charge in [0.05, 0.1) is 0 Å². The maximum Gasteiger partial charge on any atom is 0.190 e. The minimum atomic E-state index is -1.26. The Morgan fingerprint density at radius 2 is 1.77 bits per heavy atom. The van der Waals surface area contributed by atoms with E-state index in [-0.39, 0.29) is 11.7 Å². The Hall–Kier alpha value is -1.45. The van der Waals surface area contributed by atoms with E-state index in [4.69, 9.17) is 0 Å². The molecule has 120 valence electrons. The summed E-state index contributed by atoms with van der Waals surface area (Å²) in [6, 6.07) is 10.2. The van der Waals surface area contributed by atoms with Gasteiger partial charge in [0.25, 0.3) is 0 Å². The van der Waals surface area contributed by atoms with Crippen LogP contribution in [0.2, 0.25) is 0 Å². The minimum absolute atomic E-state index is 0.0967. The molecule has 0 saturated heterocycles. The van der Waals surface area contributed by atoms with Gasteiger partial charge in [0, 0.05) is 12.5 Å². The maximum atomic E-state index is 12.5. The minimum Gasteiger partial charge on any atom is -0.381 e. The number of rotatable bonds is 7. The van der Waals surface area contributed by atoms with Crippen LogP contribution in [-0.2, 0) is 11.2 Å². The molecule has 0 unspecified atom stereocenters. The van der Waals surface area contributed by atoms with Gasteiger partial charge in [0.2, 0.25) is 0 Å². The Morgan fingerprint density at radius 3 is 2.36 bits per heavy atom. The van der Waals surface area contributed by atoms with Gasteiger partial charge in [-0.3, -0.25) is 4.79 Å². The molecular formula is C19H27NO2. The lowest BCUT2D eigenvalue weighted by atomic mass is 9.90. The smallest absolute Gasteiger partial charge is 0.190 e. The van der Waals surface area contributed by atoms with Crippen LogP contribution in [0.5, 0.6) is 0 Å². The molecule has 0 heterocycles. The molecule has 0 spiro atoms. The lowest BCUT2D eigenvalue weighted by Gasteiger charge is -2.29. The number of Topliss-reactive ketones (excluding diaryl/α,β-unsaturated/α-hetero) is 1. The van der Waals surface area contributed by atoms with Gasteiger partial charge in [0.15, 0.2) is 5.78 Å². The molecule has 0 radical (unpaired) electrons. The summed E-state index contributed by atoms with van der Waals surface area (Å²) in [7, 11) is 0. The van der Waals surface area contributed by atoms with E-state index < -0.39 is 5.60 Å². The van der Waals surface area contributed by atoms with Crippen LogP contribution in [-0.4, -0.2) is 41.0 Å². The van der Waals surface area contributed by atoms with Gasteiger partial charge in [-0.1, -0.05) is 50.3 Å². The van der Waals surface area contributed by atoms with Crippen molar-refractivity contribution in [2.45, 2.75) is 39.2 Å². The van der Waals surface area contributed by atoms with Gasteiger partial charge < -0.3 is 10.0 Å². The molecule has 0 aliphatic heterocycles. The number of hydrogen-bond acceptors (Lipinski definition) is 3. The van der Waals surface area contributed by atoms with Crippen molar-refractivity contribution >= 4 is 5.78 Å². The van der Waals surface area contributed by atoms with E-state index in [1.165, 1.54) is 5.56 Å². The second-order valence-electron chi connectivity index (χ2n) is 6.25. The normalized spacial score (nSPS) is 24.9. The standard InChI is InChI=1S/C19H27NO2/c1-4-20(5-2)14-17-13-16(18(21)19(17,3)22)12-11-15-9-7-6-8-10-15/h6-10,13,17,22H,4-5,11-12,14H2,1-3H3/t17-,19-/m0/s1. The first kappa shape index (κ1) is 16.9. The molecule has 1 aromatic rings. The van der Waals surface area contributed by atoms with Gasteiger partial charge in [-0.15, -0.1) is 0 Å². The Kier molecular flexibility index (Phi) is 5.54. The van der Waals surface area contributed by atoms with Gasteiger partial charge >= 0.3 is 0 Å². The maximum absolute atomic E-state index is 12.5. The highest BCUT2D eigenvalue weighted by atomic mass is 16.3. The van der Waals surface area contributed by atoms with E-state index in [0.717, 1.165) is 31.6 Å². The molecular weight excluding hydrogens is 274 g/mol. The zero-order chi connectivity index (χ0) is 16.2. The average molecular weight is 301 g/mol. The fraction of sp³-hybridized carbons (Fsp3) is 0.526. The van der Waals surface area contributed by atoms with Crippen molar-refractivity contribution in [3.63, 3.8) is 0 Å². The molecule has 0 fully saturated rings. The third kappa shape index (κ3) is 3.65. The zero-order valence-electron chi connectivity index (χ0n) is 13.9. The van der Waals surface area contributed by atoms with Crippen LogP contribution in [0.1, 0.15) is 32.8 Å². The van der Waals surface area contributed by atoms with Crippen LogP contribution >= 0.6 is 0 Å². The number of benzene rings is 1. The van der Waals surface area contributed by atoms with E-state index in [9.17, 15) is 9.90 Å². The molecule has 0 amide bonds. The fourth-order valence-electron chi connectivity index (χ4n) is 3.09.